The van der Waals surface area contributed by atoms with Gasteiger partial charge in [0.1, 0.15) is 0 Å². The van der Waals surface area contributed by atoms with Crippen molar-refractivity contribution in [3.05, 3.63) is 29.8 Å². The molecule has 1 aromatic carbocycles. The lowest BCUT2D eigenvalue weighted by atomic mass is 10.0. The SMILES string of the molecule is CCc1ccc(N(C)C(=O)NCC(CC)CC(=O)O)cc1. The second-order valence-corrected chi connectivity index (χ2v) is 5.14. The second kappa shape index (κ2) is 8.29. The molecule has 2 N–H and O–H groups in total. The molecule has 0 heterocycles. The molecule has 0 aliphatic carbocycles. The average Bonchev–Trinajstić information content (AvgIpc) is 2.50. The smallest absolute Gasteiger partial charge is 0.321 e. The maximum Gasteiger partial charge on any atom is 0.321 e. The van der Waals surface area contributed by atoms with Gasteiger partial charge in [-0.1, -0.05) is 32.4 Å². The van der Waals surface area contributed by atoms with E-state index in [4.69, 9.17) is 5.11 Å². The Hall–Kier alpha value is -2.04. The molecule has 116 valence electrons. The van der Waals surface area contributed by atoms with Gasteiger partial charge in [-0.25, -0.2) is 4.79 Å². The van der Waals surface area contributed by atoms with E-state index in [1.807, 2.05) is 31.2 Å². The van der Waals surface area contributed by atoms with Gasteiger partial charge < -0.3 is 10.4 Å². The highest BCUT2D eigenvalue weighted by molar-refractivity contribution is 5.91. The molecule has 0 radical (unpaired) electrons. The molecule has 0 saturated carbocycles. The number of carboxylic acid groups (broad SMARTS) is 1. The third kappa shape index (κ3) is 5.45. The minimum atomic E-state index is -0.834. The molecule has 0 aliphatic rings. The molecule has 0 aliphatic heterocycles. The second-order valence-electron chi connectivity index (χ2n) is 5.14. The Kier molecular flexibility index (Phi) is 6.72. The van der Waals surface area contributed by atoms with E-state index in [0.717, 1.165) is 18.5 Å². The first-order chi connectivity index (χ1) is 9.97. The summed E-state index contributed by atoms with van der Waals surface area (Å²) in [6.45, 7) is 4.38. The van der Waals surface area contributed by atoms with Gasteiger partial charge in [0.15, 0.2) is 0 Å². The van der Waals surface area contributed by atoms with Crippen LogP contribution in [0.5, 0.6) is 0 Å². The van der Waals surface area contributed by atoms with E-state index in [0.29, 0.717) is 6.54 Å². The number of hydrogen-bond donors (Lipinski definition) is 2. The number of anilines is 1. The standard InChI is InChI=1S/C16H24N2O3/c1-4-12-6-8-14(9-7-12)18(3)16(21)17-11-13(5-2)10-15(19)20/h6-9,13H,4-5,10-11H2,1-3H3,(H,17,21)(H,19,20). The van der Waals surface area contributed by atoms with E-state index in [9.17, 15) is 9.59 Å². The van der Waals surface area contributed by atoms with Gasteiger partial charge in [-0.15, -0.1) is 0 Å². The van der Waals surface area contributed by atoms with E-state index in [1.54, 1.807) is 7.05 Å². The predicted molar refractivity (Wildman–Crippen MR) is 83.7 cm³/mol. The van der Waals surface area contributed by atoms with Crippen molar-refractivity contribution in [1.82, 2.24) is 5.32 Å². The third-order valence-corrected chi connectivity index (χ3v) is 3.62. The van der Waals surface area contributed by atoms with Crippen LogP contribution in [-0.2, 0) is 11.2 Å². The topological polar surface area (TPSA) is 69.6 Å². The van der Waals surface area contributed by atoms with Crippen molar-refractivity contribution in [2.45, 2.75) is 33.1 Å². The van der Waals surface area contributed by atoms with Gasteiger partial charge in [0.2, 0.25) is 0 Å². The van der Waals surface area contributed by atoms with Crippen LogP contribution < -0.4 is 10.2 Å². The Bertz CT molecular complexity index is 471. The molecule has 1 atom stereocenters. The number of carbonyl (C=O) groups excluding carboxylic acids is 1. The van der Waals surface area contributed by atoms with E-state index < -0.39 is 5.97 Å². The molecule has 21 heavy (non-hydrogen) atoms. The number of aryl methyl sites for hydroxylation is 1. The Balaban J connectivity index is 2.55. The Morgan fingerprint density at radius 1 is 1.24 bits per heavy atom. The Morgan fingerprint density at radius 2 is 1.86 bits per heavy atom. The Labute approximate surface area is 126 Å². The number of benzene rings is 1. The summed E-state index contributed by atoms with van der Waals surface area (Å²) in [5, 5.41) is 11.6. The molecule has 5 nitrogen and oxygen atoms in total. The van der Waals surface area contributed by atoms with Crippen LogP contribution in [0, 0.1) is 5.92 Å². The molecule has 0 bridgehead atoms. The van der Waals surface area contributed by atoms with Crippen molar-refractivity contribution in [3.8, 4) is 0 Å². The average molecular weight is 292 g/mol. The first-order valence-corrected chi connectivity index (χ1v) is 7.30. The van der Waals surface area contributed by atoms with Crippen LogP contribution in [0.25, 0.3) is 0 Å². The molecule has 1 rings (SSSR count). The molecule has 1 aromatic rings. The summed E-state index contributed by atoms with van der Waals surface area (Å²) < 4.78 is 0. The highest BCUT2D eigenvalue weighted by Gasteiger charge is 2.15. The number of amides is 2. The largest absolute Gasteiger partial charge is 0.481 e. The molecule has 0 aromatic heterocycles. The lowest BCUT2D eigenvalue weighted by Gasteiger charge is -2.20. The quantitative estimate of drug-likeness (QED) is 0.812. The van der Waals surface area contributed by atoms with Crippen molar-refractivity contribution in [1.29, 1.82) is 0 Å². The van der Waals surface area contributed by atoms with Crippen molar-refractivity contribution in [2.75, 3.05) is 18.5 Å². The molecule has 5 heteroatoms. The van der Waals surface area contributed by atoms with E-state index >= 15 is 0 Å². The number of nitrogens with one attached hydrogen (secondary N) is 1. The fraction of sp³-hybridized carbons (Fsp3) is 0.500. The maximum absolute atomic E-state index is 12.1. The number of nitrogens with zero attached hydrogens (tertiary/aromatic N) is 1. The van der Waals surface area contributed by atoms with Crippen LogP contribution >= 0.6 is 0 Å². The normalized spacial score (nSPS) is 11.8. The fourth-order valence-electron chi connectivity index (χ4n) is 2.03. The van der Waals surface area contributed by atoms with Crippen molar-refractivity contribution >= 4 is 17.7 Å². The van der Waals surface area contributed by atoms with Gasteiger partial charge in [-0.3, -0.25) is 9.69 Å². The molecular formula is C16H24N2O3. The van der Waals surface area contributed by atoms with Crippen LogP contribution in [0.1, 0.15) is 32.3 Å². The summed E-state index contributed by atoms with van der Waals surface area (Å²) in [4.78, 5) is 24.3. The zero-order chi connectivity index (χ0) is 15.8. The van der Waals surface area contributed by atoms with E-state index in [-0.39, 0.29) is 18.4 Å². The van der Waals surface area contributed by atoms with Gasteiger partial charge in [0.25, 0.3) is 0 Å². The number of aliphatic carboxylic acids is 1. The summed E-state index contributed by atoms with van der Waals surface area (Å²) >= 11 is 0. The lowest BCUT2D eigenvalue weighted by molar-refractivity contribution is -0.138. The summed E-state index contributed by atoms with van der Waals surface area (Å²) in [6, 6.07) is 7.60. The monoisotopic (exact) mass is 292 g/mol. The Morgan fingerprint density at radius 3 is 2.33 bits per heavy atom. The predicted octanol–water partition coefficient (Wildman–Crippen LogP) is 2.90. The van der Waals surface area contributed by atoms with Crippen molar-refractivity contribution < 1.29 is 14.7 Å². The van der Waals surface area contributed by atoms with Crippen LogP contribution in [0.15, 0.2) is 24.3 Å². The van der Waals surface area contributed by atoms with Gasteiger partial charge in [0.05, 0.1) is 0 Å². The highest BCUT2D eigenvalue weighted by Crippen LogP contribution is 2.14. The van der Waals surface area contributed by atoms with Gasteiger partial charge in [-0.2, -0.15) is 0 Å². The van der Waals surface area contributed by atoms with Crippen LogP contribution in [0.2, 0.25) is 0 Å². The zero-order valence-corrected chi connectivity index (χ0v) is 12.9. The highest BCUT2D eigenvalue weighted by atomic mass is 16.4. The molecule has 0 fully saturated rings. The summed E-state index contributed by atoms with van der Waals surface area (Å²) in [6.07, 6.45) is 1.76. The van der Waals surface area contributed by atoms with Gasteiger partial charge in [-0.05, 0) is 30.0 Å². The first kappa shape index (κ1) is 17.0. The van der Waals surface area contributed by atoms with E-state index in [1.165, 1.54) is 10.5 Å². The molecule has 1 unspecified atom stereocenters. The minimum Gasteiger partial charge on any atom is -0.481 e. The van der Waals surface area contributed by atoms with Gasteiger partial charge >= 0.3 is 12.0 Å². The summed E-state index contributed by atoms with van der Waals surface area (Å²) in [5.74, 6) is -0.873. The van der Waals surface area contributed by atoms with Crippen LogP contribution in [-0.4, -0.2) is 30.7 Å². The summed E-state index contributed by atoms with van der Waals surface area (Å²) in [7, 11) is 1.70. The zero-order valence-electron chi connectivity index (χ0n) is 12.9. The lowest BCUT2D eigenvalue weighted by Crippen LogP contribution is -2.40. The minimum absolute atomic E-state index is 0.0395. The molecular weight excluding hydrogens is 268 g/mol. The number of hydrogen-bond acceptors (Lipinski definition) is 2. The molecule has 0 saturated heterocycles. The number of urea groups is 1. The first-order valence-electron chi connectivity index (χ1n) is 7.30. The van der Waals surface area contributed by atoms with E-state index in [2.05, 4.69) is 12.2 Å². The number of carboxylic acids is 1. The van der Waals surface area contributed by atoms with Crippen molar-refractivity contribution in [3.63, 3.8) is 0 Å². The third-order valence-electron chi connectivity index (χ3n) is 3.62. The van der Waals surface area contributed by atoms with Crippen molar-refractivity contribution in [2.24, 2.45) is 5.92 Å². The summed E-state index contributed by atoms with van der Waals surface area (Å²) in [5.41, 5.74) is 2.04. The number of carbonyl (C=O) groups is 2. The van der Waals surface area contributed by atoms with Crippen LogP contribution in [0.4, 0.5) is 10.5 Å². The number of rotatable bonds is 7. The fourth-order valence-corrected chi connectivity index (χ4v) is 2.03. The van der Waals surface area contributed by atoms with Crippen LogP contribution in [0.3, 0.4) is 0 Å². The molecule has 2 amide bonds. The van der Waals surface area contributed by atoms with Gasteiger partial charge in [0, 0.05) is 25.7 Å². The molecule has 0 spiro atoms. The maximum atomic E-state index is 12.1.